The lowest BCUT2D eigenvalue weighted by Gasteiger charge is -2.41. The second-order valence-electron chi connectivity index (χ2n) is 9.86. The fourth-order valence-electron chi connectivity index (χ4n) is 5.20. The van der Waals surface area contributed by atoms with Crippen LogP contribution in [0.5, 0.6) is 5.75 Å². The predicted octanol–water partition coefficient (Wildman–Crippen LogP) is 5.10. The number of nitrogens with zero attached hydrogens (tertiary/aromatic N) is 3. The Labute approximate surface area is 212 Å². The number of ether oxygens (including phenoxy) is 1. The van der Waals surface area contributed by atoms with E-state index < -0.39 is 0 Å². The number of benzene rings is 1. The molecule has 0 unspecified atom stereocenters. The third kappa shape index (κ3) is 6.22. The molecule has 1 aromatic heterocycles. The quantitative estimate of drug-likeness (QED) is 0.521. The number of unbranched alkanes of at least 4 members (excludes halogenated alkanes) is 1. The molecule has 0 saturated carbocycles. The number of hydrogen-bond acceptors (Lipinski definition) is 6. The second-order valence-corrected chi connectivity index (χ2v) is 10.7. The normalized spacial score (nSPS) is 21.8. The van der Waals surface area contributed by atoms with Gasteiger partial charge in [-0.1, -0.05) is 38.5 Å². The fourth-order valence-corrected chi connectivity index (χ4v) is 5.90. The number of carbonyl (C=O) groups is 2. The van der Waals surface area contributed by atoms with Gasteiger partial charge in [0.15, 0.2) is 5.13 Å². The Hall–Kier alpha value is -2.45. The minimum atomic E-state index is -0.364. The standard InChI is InChI=1S/C27H38N4O3S/c1-4-5-14-31-24(32)11-10-22(25(31)21-8-6-7-9-23(21)34-3)26(33)29-27-28-20(18-35-27)17-30-15-12-19(2)13-16-30/h6-9,18-19,22,25H,4-5,10-17H2,1-3H3,(H,28,29,33)/t22-,25-/m0/s1. The molecule has 2 amide bonds. The molecular weight excluding hydrogens is 460 g/mol. The van der Waals surface area contributed by atoms with Crippen LogP contribution in [0.1, 0.15) is 69.7 Å². The third-order valence-corrected chi connectivity index (χ3v) is 8.10. The number of para-hydroxylation sites is 1. The Morgan fingerprint density at radius 2 is 2.00 bits per heavy atom. The molecule has 2 aliphatic rings. The molecule has 0 radical (unpaired) electrons. The molecule has 4 rings (SSSR count). The largest absolute Gasteiger partial charge is 0.496 e. The molecule has 2 aliphatic heterocycles. The number of hydrogen-bond donors (Lipinski definition) is 1. The van der Waals surface area contributed by atoms with Crippen LogP contribution in [0, 0.1) is 11.8 Å². The summed E-state index contributed by atoms with van der Waals surface area (Å²) < 4.78 is 5.63. The first-order valence-corrected chi connectivity index (χ1v) is 13.8. The first-order valence-electron chi connectivity index (χ1n) is 12.9. The molecule has 2 fully saturated rings. The maximum absolute atomic E-state index is 13.6. The Balaban J connectivity index is 1.51. The average Bonchev–Trinajstić information content (AvgIpc) is 3.30. The van der Waals surface area contributed by atoms with E-state index in [1.165, 1.54) is 24.2 Å². The molecule has 190 valence electrons. The molecule has 2 aromatic rings. The molecule has 1 aromatic carbocycles. The highest BCUT2D eigenvalue weighted by Gasteiger charge is 2.41. The third-order valence-electron chi connectivity index (χ3n) is 7.30. The van der Waals surface area contributed by atoms with E-state index in [9.17, 15) is 9.59 Å². The van der Waals surface area contributed by atoms with Crippen LogP contribution in [0.25, 0.3) is 0 Å². The predicted molar refractivity (Wildman–Crippen MR) is 139 cm³/mol. The highest BCUT2D eigenvalue weighted by molar-refractivity contribution is 7.13. The van der Waals surface area contributed by atoms with Crippen molar-refractivity contribution < 1.29 is 14.3 Å². The number of rotatable bonds is 9. The van der Waals surface area contributed by atoms with Gasteiger partial charge < -0.3 is 15.0 Å². The summed E-state index contributed by atoms with van der Waals surface area (Å²) in [4.78, 5) is 35.6. The molecule has 35 heavy (non-hydrogen) atoms. The van der Waals surface area contributed by atoms with Crippen LogP contribution in [0.15, 0.2) is 29.6 Å². The van der Waals surface area contributed by atoms with Crippen molar-refractivity contribution in [2.45, 2.75) is 65.0 Å². The van der Waals surface area contributed by atoms with Crippen molar-refractivity contribution in [1.82, 2.24) is 14.8 Å². The Bertz CT molecular complexity index is 1000. The number of piperidine rings is 2. The molecule has 8 heteroatoms. The molecule has 0 bridgehead atoms. The van der Waals surface area contributed by atoms with Crippen LogP contribution in [0.2, 0.25) is 0 Å². The number of amides is 2. The zero-order valence-corrected chi connectivity index (χ0v) is 22.0. The van der Waals surface area contributed by atoms with Gasteiger partial charge in [-0.3, -0.25) is 14.5 Å². The Morgan fingerprint density at radius 3 is 2.74 bits per heavy atom. The first-order chi connectivity index (χ1) is 17.0. The summed E-state index contributed by atoms with van der Waals surface area (Å²) in [5.74, 6) is 1.16. The van der Waals surface area contributed by atoms with E-state index in [0.717, 1.165) is 49.7 Å². The van der Waals surface area contributed by atoms with Crippen LogP contribution in [0.3, 0.4) is 0 Å². The summed E-state index contributed by atoms with van der Waals surface area (Å²) in [6.45, 7) is 8.09. The molecule has 3 heterocycles. The van der Waals surface area contributed by atoms with Gasteiger partial charge in [0.25, 0.3) is 0 Å². The van der Waals surface area contributed by atoms with Crippen LogP contribution in [0.4, 0.5) is 5.13 Å². The van der Waals surface area contributed by atoms with Gasteiger partial charge in [-0.2, -0.15) is 0 Å². The van der Waals surface area contributed by atoms with Gasteiger partial charge in [-0.25, -0.2) is 4.98 Å². The summed E-state index contributed by atoms with van der Waals surface area (Å²) >= 11 is 1.48. The minimum Gasteiger partial charge on any atom is -0.496 e. The van der Waals surface area contributed by atoms with Crippen molar-refractivity contribution in [3.05, 3.63) is 40.9 Å². The summed E-state index contributed by atoms with van der Waals surface area (Å²) in [5, 5.41) is 5.75. The smallest absolute Gasteiger partial charge is 0.231 e. The summed E-state index contributed by atoms with van der Waals surface area (Å²) in [6, 6.07) is 7.38. The van der Waals surface area contributed by atoms with E-state index in [1.54, 1.807) is 7.11 Å². The van der Waals surface area contributed by atoms with Crippen molar-refractivity contribution in [1.29, 1.82) is 0 Å². The fraction of sp³-hybridized carbons (Fsp3) is 0.593. The lowest BCUT2D eigenvalue weighted by molar-refractivity contribution is -0.142. The van der Waals surface area contributed by atoms with E-state index in [4.69, 9.17) is 9.72 Å². The van der Waals surface area contributed by atoms with Crippen molar-refractivity contribution in [3.8, 4) is 5.75 Å². The lowest BCUT2D eigenvalue weighted by atomic mass is 9.83. The topological polar surface area (TPSA) is 74.8 Å². The van der Waals surface area contributed by atoms with Crippen molar-refractivity contribution in [3.63, 3.8) is 0 Å². The molecular formula is C27H38N4O3S. The second kappa shape index (κ2) is 12.0. The monoisotopic (exact) mass is 498 g/mol. The first kappa shape index (κ1) is 25.6. The average molecular weight is 499 g/mol. The number of methoxy groups -OCH3 is 1. The van der Waals surface area contributed by atoms with Gasteiger partial charge in [0.05, 0.1) is 24.8 Å². The zero-order chi connectivity index (χ0) is 24.8. The number of carbonyl (C=O) groups excluding carboxylic acids is 2. The van der Waals surface area contributed by atoms with E-state index in [0.29, 0.717) is 30.3 Å². The van der Waals surface area contributed by atoms with E-state index in [2.05, 4.69) is 24.1 Å². The van der Waals surface area contributed by atoms with Gasteiger partial charge in [0.1, 0.15) is 5.75 Å². The number of thiazole rings is 1. The van der Waals surface area contributed by atoms with Gasteiger partial charge in [0.2, 0.25) is 11.8 Å². The molecule has 0 spiro atoms. The van der Waals surface area contributed by atoms with Crippen LogP contribution in [-0.2, 0) is 16.1 Å². The highest BCUT2D eigenvalue weighted by Crippen LogP contribution is 2.41. The van der Waals surface area contributed by atoms with Crippen LogP contribution in [-0.4, -0.2) is 53.3 Å². The summed E-state index contributed by atoms with van der Waals surface area (Å²) in [5.41, 5.74) is 1.89. The van der Waals surface area contributed by atoms with Gasteiger partial charge in [-0.05, 0) is 50.8 Å². The minimum absolute atomic E-state index is 0.0809. The van der Waals surface area contributed by atoms with Crippen LogP contribution >= 0.6 is 11.3 Å². The Kier molecular flexibility index (Phi) is 8.78. The maximum Gasteiger partial charge on any atom is 0.231 e. The summed E-state index contributed by atoms with van der Waals surface area (Å²) in [7, 11) is 1.63. The number of nitrogens with one attached hydrogen (secondary N) is 1. The lowest BCUT2D eigenvalue weighted by Crippen LogP contribution is -2.47. The van der Waals surface area contributed by atoms with Gasteiger partial charge in [-0.15, -0.1) is 11.3 Å². The number of anilines is 1. The SMILES string of the molecule is CCCCN1C(=O)CC[C@H](C(=O)Nc2nc(CN3CCC(C)CC3)cs2)[C@@H]1c1ccccc1OC. The zero-order valence-electron chi connectivity index (χ0n) is 21.2. The van der Waals surface area contributed by atoms with E-state index in [-0.39, 0.29) is 23.8 Å². The van der Waals surface area contributed by atoms with Gasteiger partial charge >= 0.3 is 0 Å². The Morgan fingerprint density at radius 1 is 1.23 bits per heavy atom. The van der Waals surface area contributed by atoms with Crippen molar-refractivity contribution in [2.75, 3.05) is 32.1 Å². The molecule has 2 saturated heterocycles. The maximum atomic E-state index is 13.6. The number of aromatic nitrogens is 1. The molecule has 7 nitrogen and oxygen atoms in total. The van der Waals surface area contributed by atoms with Crippen LogP contribution < -0.4 is 10.1 Å². The van der Waals surface area contributed by atoms with Crippen molar-refractivity contribution >= 4 is 28.3 Å². The molecule has 0 aliphatic carbocycles. The number of likely N-dealkylation sites (tertiary alicyclic amines) is 2. The molecule has 1 N–H and O–H groups in total. The van der Waals surface area contributed by atoms with E-state index in [1.807, 2.05) is 34.5 Å². The van der Waals surface area contributed by atoms with Gasteiger partial charge in [0, 0.05) is 30.5 Å². The van der Waals surface area contributed by atoms with Crippen molar-refractivity contribution in [2.24, 2.45) is 11.8 Å². The highest BCUT2D eigenvalue weighted by atomic mass is 32.1. The van der Waals surface area contributed by atoms with E-state index >= 15 is 0 Å². The molecule has 2 atom stereocenters. The summed E-state index contributed by atoms with van der Waals surface area (Å²) in [6.07, 6.45) is 5.23.